The Bertz CT molecular complexity index is 1340. The zero-order chi connectivity index (χ0) is 28.2. The molecular weight excluding hydrogens is 532 g/mol. The number of amides is 1. The summed E-state index contributed by atoms with van der Waals surface area (Å²) in [5.74, 6) is 0.997. The van der Waals surface area contributed by atoms with Gasteiger partial charge in [0.1, 0.15) is 5.82 Å². The Morgan fingerprint density at radius 3 is 2.59 bits per heavy atom. The summed E-state index contributed by atoms with van der Waals surface area (Å²) in [5.41, 5.74) is 1.00. The highest BCUT2D eigenvalue weighted by Crippen LogP contribution is 2.30. The number of ether oxygens (including phenoxy) is 2. The van der Waals surface area contributed by atoms with E-state index in [0.717, 1.165) is 26.1 Å². The molecule has 220 valence electrons. The minimum absolute atomic E-state index is 0.192. The summed E-state index contributed by atoms with van der Waals surface area (Å²) in [7, 11) is 0. The van der Waals surface area contributed by atoms with Crippen LogP contribution in [0.1, 0.15) is 44.4 Å². The molecule has 0 aliphatic carbocycles. The number of piperidine rings is 1. The minimum atomic E-state index is -2.79. The Kier molecular flexibility index (Phi) is 8.56. The third kappa shape index (κ3) is 6.43. The number of para-hydroxylation sites is 2. The number of carbonyl (C=O) groups is 1. The Morgan fingerprint density at radius 1 is 1.02 bits per heavy atom. The number of alkyl halides is 2. The normalized spacial score (nSPS) is 18.7. The van der Waals surface area contributed by atoms with Crippen molar-refractivity contribution in [1.29, 1.82) is 0 Å². The largest absolute Gasteiger partial charge is 0.477 e. The van der Waals surface area contributed by atoms with Gasteiger partial charge in [-0.05, 0) is 51.0 Å². The van der Waals surface area contributed by atoms with Gasteiger partial charge >= 0.3 is 0 Å². The van der Waals surface area contributed by atoms with Gasteiger partial charge in [-0.1, -0.05) is 18.6 Å². The molecule has 2 aromatic heterocycles. The van der Waals surface area contributed by atoms with E-state index >= 15 is 0 Å². The molecule has 0 spiro atoms. The molecule has 41 heavy (non-hydrogen) atoms. The second-order valence-corrected chi connectivity index (χ2v) is 11.0. The monoisotopic (exact) mass is 569 g/mol. The van der Waals surface area contributed by atoms with E-state index in [0.29, 0.717) is 75.3 Å². The number of imidazole rings is 1. The quantitative estimate of drug-likeness (QED) is 0.365. The minimum Gasteiger partial charge on any atom is -0.477 e. The molecule has 1 amide bonds. The average Bonchev–Trinajstić information content (AvgIpc) is 3.37. The Morgan fingerprint density at radius 2 is 1.80 bits per heavy atom. The smallest absolute Gasteiger partial charge is 0.296 e. The van der Waals surface area contributed by atoms with Gasteiger partial charge in [-0.25, -0.2) is 13.8 Å². The zero-order valence-corrected chi connectivity index (χ0v) is 23.3. The van der Waals surface area contributed by atoms with Crippen molar-refractivity contribution in [3.8, 4) is 11.7 Å². The number of halogens is 2. The molecule has 3 aromatic rings. The van der Waals surface area contributed by atoms with Crippen LogP contribution in [0.2, 0.25) is 0 Å². The topological polar surface area (TPSA) is 88.9 Å². The van der Waals surface area contributed by atoms with E-state index < -0.39 is 6.43 Å². The van der Waals surface area contributed by atoms with Gasteiger partial charge < -0.3 is 24.2 Å². The van der Waals surface area contributed by atoms with Crippen molar-refractivity contribution >= 4 is 22.9 Å². The molecule has 0 saturated carbocycles. The summed E-state index contributed by atoms with van der Waals surface area (Å²) >= 11 is 0. The standard InChI is InChI=1S/C29H37F2N7O3/c30-27(31)28-32-22-7-2-3-8-23(22)38(28)24-17-25(34-29(33-24)36-13-15-40-16-14-36)41-20-21-18-37(19-21)26(39)9-6-12-35-10-4-1-5-11-35/h2-3,7-8,17,21,27H,1,4-6,9-16,18-20H2. The molecule has 0 atom stereocenters. The van der Waals surface area contributed by atoms with Crippen LogP contribution in [0.15, 0.2) is 30.3 Å². The predicted octanol–water partition coefficient (Wildman–Crippen LogP) is 3.69. The number of hydrogen-bond acceptors (Lipinski definition) is 8. The second-order valence-electron chi connectivity index (χ2n) is 11.0. The summed E-state index contributed by atoms with van der Waals surface area (Å²) in [6.07, 6.45) is 2.52. The molecule has 3 saturated heterocycles. The summed E-state index contributed by atoms with van der Waals surface area (Å²) in [6.45, 7) is 7.21. The number of aromatic nitrogens is 4. The molecule has 10 nitrogen and oxygen atoms in total. The van der Waals surface area contributed by atoms with Gasteiger partial charge in [-0.2, -0.15) is 9.97 Å². The van der Waals surface area contributed by atoms with E-state index in [1.807, 2.05) is 9.80 Å². The number of rotatable bonds is 10. The molecule has 3 fully saturated rings. The fourth-order valence-corrected chi connectivity index (χ4v) is 5.80. The van der Waals surface area contributed by atoms with E-state index in [2.05, 4.69) is 19.9 Å². The highest BCUT2D eigenvalue weighted by atomic mass is 19.3. The summed E-state index contributed by atoms with van der Waals surface area (Å²) in [4.78, 5) is 32.4. The van der Waals surface area contributed by atoms with Crippen molar-refractivity contribution in [2.45, 2.75) is 38.5 Å². The molecule has 3 aliphatic heterocycles. The van der Waals surface area contributed by atoms with E-state index in [4.69, 9.17) is 9.47 Å². The van der Waals surface area contributed by atoms with Gasteiger partial charge in [-0.15, -0.1) is 0 Å². The van der Waals surface area contributed by atoms with Crippen LogP contribution in [0.3, 0.4) is 0 Å². The Hall–Kier alpha value is -3.38. The van der Waals surface area contributed by atoms with Gasteiger partial charge in [0.15, 0.2) is 5.82 Å². The highest BCUT2D eigenvalue weighted by molar-refractivity contribution is 5.78. The van der Waals surface area contributed by atoms with Crippen molar-refractivity contribution in [3.05, 3.63) is 36.2 Å². The lowest BCUT2D eigenvalue weighted by molar-refractivity contribution is -0.138. The van der Waals surface area contributed by atoms with Crippen LogP contribution in [0.4, 0.5) is 14.7 Å². The first kappa shape index (κ1) is 27.8. The number of morpholine rings is 1. The van der Waals surface area contributed by atoms with Crippen molar-refractivity contribution in [3.63, 3.8) is 0 Å². The highest BCUT2D eigenvalue weighted by Gasteiger charge is 2.31. The first-order chi connectivity index (χ1) is 20.0. The number of hydrogen-bond donors (Lipinski definition) is 0. The van der Waals surface area contributed by atoms with Crippen molar-refractivity contribution in [1.82, 2.24) is 29.3 Å². The van der Waals surface area contributed by atoms with E-state index in [1.54, 1.807) is 30.3 Å². The van der Waals surface area contributed by atoms with Crippen LogP contribution in [0.5, 0.6) is 5.88 Å². The van der Waals surface area contributed by atoms with E-state index in [9.17, 15) is 13.6 Å². The number of nitrogens with zero attached hydrogens (tertiary/aromatic N) is 7. The van der Waals surface area contributed by atoms with Crippen molar-refractivity contribution in [2.75, 3.05) is 70.5 Å². The first-order valence-corrected chi connectivity index (χ1v) is 14.7. The molecule has 0 N–H and O–H groups in total. The van der Waals surface area contributed by atoms with Gasteiger partial charge in [0.2, 0.25) is 17.7 Å². The maximum absolute atomic E-state index is 14.1. The molecule has 5 heterocycles. The molecule has 1 aromatic carbocycles. The first-order valence-electron chi connectivity index (χ1n) is 14.7. The second kappa shape index (κ2) is 12.6. The van der Waals surface area contributed by atoms with E-state index in [1.165, 1.54) is 23.8 Å². The number of likely N-dealkylation sites (tertiary alicyclic amines) is 2. The number of benzene rings is 1. The van der Waals surface area contributed by atoms with Crippen LogP contribution < -0.4 is 9.64 Å². The maximum atomic E-state index is 14.1. The maximum Gasteiger partial charge on any atom is 0.296 e. The third-order valence-electron chi connectivity index (χ3n) is 8.07. The van der Waals surface area contributed by atoms with Crippen molar-refractivity contribution in [2.24, 2.45) is 5.92 Å². The lowest BCUT2D eigenvalue weighted by Crippen LogP contribution is -2.52. The fraction of sp³-hybridized carbons (Fsp3) is 0.586. The molecule has 0 bridgehead atoms. The number of carbonyl (C=O) groups excluding carboxylic acids is 1. The van der Waals surface area contributed by atoms with Crippen LogP contribution in [0.25, 0.3) is 16.9 Å². The van der Waals surface area contributed by atoms with Crippen LogP contribution in [0, 0.1) is 5.92 Å². The van der Waals surface area contributed by atoms with Gasteiger partial charge in [-0.3, -0.25) is 9.36 Å². The van der Waals surface area contributed by atoms with Gasteiger partial charge in [0, 0.05) is 44.6 Å². The third-order valence-corrected chi connectivity index (χ3v) is 8.07. The Labute approximate surface area is 238 Å². The fourth-order valence-electron chi connectivity index (χ4n) is 5.80. The lowest BCUT2D eigenvalue weighted by Gasteiger charge is -2.39. The van der Waals surface area contributed by atoms with Gasteiger partial charge in [0.25, 0.3) is 6.43 Å². The SMILES string of the molecule is O=C(CCCN1CCCCC1)N1CC(COc2cc(-n3c(C(F)F)nc4ccccc43)nc(N3CCOCC3)n2)C1. The molecule has 0 unspecified atom stereocenters. The van der Waals surface area contributed by atoms with E-state index in [-0.39, 0.29) is 23.5 Å². The average molecular weight is 570 g/mol. The van der Waals surface area contributed by atoms with Crippen LogP contribution >= 0.6 is 0 Å². The van der Waals surface area contributed by atoms with Crippen molar-refractivity contribution < 1.29 is 23.0 Å². The number of fused-ring (bicyclic) bond motifs is 1. The predicted molar refractivity (Wildman–Crippen MR) is 150 cm³/mol. The molecule has 0 radical (unpaired) electrons. The summed E-state index contributed by atoms with van der Waals surface area (Å²) < 4.78 is 41.1. The Balaban J connectivity index is 1.12. The summed E-state index contributed by atoms with van der Waals surface area (Å²) in [5, 5.41) is 0. The summed E-state index contributed by atoms with van der Waals surface area (Å²) in [6, 6.07) is 8.60. The molecule has 12 heteroatoms. The van der Waals surface area contributed by atoms with Gasteiger partial charge in [0.05, 0.1) is 30.9 Å². The lowest BCUT2D eigenvalue weighted by atomic mass is 10.0. The zero-order valence-electron chi connectivity index (χ0n) is 23.3. The molecule has 6 rings (SSSR count). The number of anilines is 1. The molecule has 3 aliphatic rings. The van der Waals surface area contributed by atoms with Crippen LogP contribution in [-0.4, -0.2) is 101 Å². The molecular formula is C29H37F2N7O3. The van der Waals surface area contributed by atoms with Crippen LogP contribution in [-0.2, 0) is 9.53 Å².